The molecule has 1 atom stereocenters. The van der Waals surface area contributed by atoms with E-state index >= 15 is 0 Å². The van der Waals surface area contributed by atoms with Gasteiger partial charge in [0.25, 0.3) is 0 Å². The van der Waals surface area contributed by atoms with Gasteiger partial charge in [-0.05, 0) is 34.9 Å². The van der Waals surface area contributed by atoms with Gasteiger partial charge in [0.15, 0.2) is 0 Å². The Morgan fingerprint density at radius 1 is 0.935 bits per heavy atom. The number of likely N-dealkylation sites (N-methyl/N-ethyl adjacent to an activating group) is 1. The topological polar surface area (TPSA) is 49.4 Å². The molecular weight excluding hydrogens is 415 g/mol. The Bertz CT molecular complexity index is 1030. The fourth-order valence-electron chi connectivity index (χ4n) is 3.41. The highest BCUT2D eigenvalue weighted by molar-refractivity contribution is 6.30. The predicted octanol–water partition coefficient (Wildman–Crippen LogP) is 4.41. The summed E-state index contributed by atoms with van der Waals surface area (Å²) in [7, 11) is 1.54. The van der Waals surface area contributed by atoms with Gasteiger partial charge in [0, 0.05) is 25.0 Å². The molecule has 0 heterocycles. The maximum Gasteiger partial charge on any atom is 0.242 e. The maximum absolute atomic E-state index is 14.2. The number of halogens is 2. The summed E-state index contributed by atoms with van der Waals surface area (Å²) in [5, 5.41) is 3.25. The molecule has 1 unspecified atom stereocenters. The Balaban J connectivity index is 1.94. The van der Waals surface area contributed by atoms with Crippen molar-refractivity contribution in [3.63, 3.8) is 0 Å². The summed E-state index contributed by atoms with van der Waals surface area (Å²) in [6, 6.07) is 22.0. The van der Waals surface area contributed by atoms with E-state index in [1.807, 2.05) is 42.5 Å². The first-order valence-corrected chi connectivity index (χ1v) is 10.4. The zero-order valence-corrected chi connectivity index (χ0v) is 18.0. The van der Waals surface area contributed by atoms with Crippen LogP contribution in [0.3, 0.4) is 0 Å². The van der Waals surface area contributed by atoms with E-state index in [2.05, 4.69) is 5.32 Å². The van der Waals surface area contributed by atoms with Gasteiger partial charge in [-0.2, -0.15) is 0 Å². The third-order valence-corrected chi connectivity index (χ3v) is 5.34. The molecule has 0 aliphatic heterocycles. The number of rotatable bonds is 8. The summed E-state index contributed by atoms with van der Waals surface area (Å²) in [4.78, 5) is 27.7. The smallest absolute Gasteiger partial charge is 0.242 e. The van der Waals surface area contributed by atoms with E-state index in [0.717, 1.165) is 11.1 Å². The molecule has 0 fully saturated rings. The quantitative estimate of drug-likeness (QED) is 0.566. The summed E-state index contributed by atoms with van der Waals surface area (Å²) in [6.07, 6.45) is 0.208. The number of benzene rings is 3. The number of nitrogens with zero attached hydrogens (tertiary/aromatic N) is 1. The highest BCUT2D eigenvalue weighted by atomic mass is 35.5. The normalized spacial score (nSPS) is 11.6. The van der Waals surface area contributed by atoms with Gasteiger partial charge >= 0.3 is 0 Å². The van der Waals surface area contributed by atoms with Crippen LogP contribution in [0.25, 0.3) is 0 Å². The highest BCUT2D eigenvalue weighted by Gasteiger charge is 2.30. The highest BCUT2D eigenvalue weighted by Crippen LogP contribution is 2.18. The molecule has 2 amide bonds. The average molecular weight is 439 g/mol. The third-order valence-electron chi connectivity index (χ3n) is 5.08. The van der Waals surface area contributed by atoms with Crippen LogP contribution in [0.5, 0.6) is 0 Å². The van der Waals surface area contributed by atoms with Crippen molar-refractivity contribution in [1.82, 2.24) is 10.2 Å². The number of hydrogen-bond acceptors (Lipinski definition) is 2. The van der Waals surface area contributed by atoms with Crippen molar-refractivity contribution in [2.75, 3.05) is 7.05 Å². The molecule has 0 radical (unpaired) electrons. The Labute approximate surface area is 186 Å². The van der Waals surface area contributed by atoms with Gasteiger partial charge in [-0.1, -0.05) is 72.3 Å². The van der Waals surface area contributed by atoms with E-state index in [9.17, 15) is 14.0 Å². The summed E-state index contributed by atoms with van der Waals surface area (Å²) in [6.45, 7) is 0.204. The Morgan fingerprint density at radius 3 is 2.23 bits per heavy atom. The minimum absolute atomic E-state index is 0.136. The lowest BCUT2D eigenvalue weighted by atomic mass is 10.0. The van der Waals surface area contributed by atoms with Crippen molar-refractivity contribution in [1.29, 1.82) is 0 Å². The molecule has 3 rings (SSSR count). The minimum Gasteiger partial charge on any atom is -0.357 e. The first kappa shape index (κ1) is 22.5. The Hall–Kier alpha value is -3.18. The molecular formula is C25H24ClFN2O2. The van der Waals surface area contributed by atoms with Crippen LogP contribution in [0.2, 0.25) is 5.02 Å². The van der Waals surface area contributed by atoms with Crippen molar-refractivity contribution in [3.8, 4) is 0 Å². The lowest BCUT2D eigenvalue weighted by Crippen LogP contribution is -2.50. The molecule has 0 aromatic heterocycles. The maximum atomic E-state index is 14.2. The van der Waals surface area contributed by atoms with Crippen molar-refractivity contribution < 1.29 is 14.0 Å². The first-order valence-electron chi connectivity index (χ1n) is 10.0. The molecule has 1 N–H and O–H groups in total. The van der Waals surface area contributed by atoms with E-state index in [1.165, 1.54) is 11.0 Å². The van der Waals surface area contributed by atoms with Crippen LogP contribution in [-0.4, -0.2) is 29.8 Å². The monoisotopic (exact) mass is 438 g/mol. The second-order valence-electron chi connectivity index (χ2n) is 7.24. The Kier molecular flexibility index (Phi) is 7.79. The fraction of sp³-hybridized carbons (Fsp3) is 0.200. The molecule has 0 spiro atoms. The van der Waals surface area contributed by atoms with Crippen LogP contribution in [0.4, 0.5) is 4.39 Å². The summed E-state index contributed by atoms with van der Waals surface area (Å²) < 4.78 is 14.2. The minimum atomic E-state index is -0.748. The largest absolute Gasteiger partial charge is 0.357 e. The predicted molar refractivity (Wildman–Crippen MR) is 120 cm³/mol. The van der Waals surface area contributed by atoms with E-state index in [0.29, 0.717) is 17.0 Å². The fourth-order valence-corrected chi connectivity index (χ4v) is 3.54. The second kappa shape index (κ2) is 10.7. The van der Waals surface area contributed by atoms with Crippen molar-refractivity contribution >= 4 is 23.4 Å². The van der Waals surface area contributed by atoms with E-state index in [4.69, 9.17) is 11.6 Å². The average Bonchev–Trinajstić information content (AvgIpc) is 2.79. The van der Waals surface area contributed by atoms with Crippen molar-refractivity contribution in [2.45, 2.75) is 25.4 Å². The number of nitrogens with one attached hydrogen (secondary N) is 1. The van der Waals surface area contributed by atoms with E-state index in [1.54, 1.807) is 37.4 Å². The van der Waals surface area contributed by atoms with Crippen LogP contribution in [-0.2, 0) is 29.0 Å². The van der Waals surface area contributed by atoms with Gasteiger partial charge in [0.1, 0.15) is 11.9 Å². The lowest BCUT2D eigenvalue weighted by molar-refractivity contribution is -0.140. The zero-order chi connectivity index (χ0) is 22.2. The molecule has 0 saturated carbocycles. The molecule has 0 saturated heterocycles. The van der Waals surface area contributed by atoms with Gasteiger partial charge < -0.3 is 10.2 Å². The number of hydrogen-bond donors (Lipinski definition) is 1. The number of amides is 2. The van der Waals surface area contributed by atoms with Gasteiger partial charge in [0.2, 0.25) is 11.8 Å². The molecule has 0 aliphatic carbocycles. The van der Waals surface area contributed by atoms with Crippen molar-refractivity contribution in [2.24, 2.45) is 0 Å². The van der Waals surface area contributed by atoms with Gasteiger partial charge in [-0.15, -0.1) is 0 Å². The lowest BCUT2D eigenvalue weighted by Gasteiger charge is -2.31. The van der Waals surface area contributed by atoms with Crippen LogP contribution < -0.4 is 5.32 Å². The Morgan fingerprint density at radius 2 is 1.58 bits per heavy atom. The molecule has 0 bridgehead atoms. The molecule has 160 valence electrons. The van der Waals surface area contributed by atoms with E-state index < -0.39 is 11.9 Å². The van der Waals surface area contributed by atoms with Crippen molar-refractivity contribution in [3.05, 3.63) is 106 Å². The summed E-state index contributed by atoms with van der Waals surface area (Å²) in [5.41, 5.74) is 2.05. The van der Waals surface area contributed by atoms with E-state index in [-0.39, 0.29) is 24.8 Å². The first-order chi connectivity index (χ1) is 15.0. The molecule has 3 aromatic rings. The molecule has 31 heavy (non-hydrogen) atoms. The summed E-state index contributed by atoms with van der Waals surface area (Å²) >= 11 is 5.99. The van der Waals surface area contributed by atoms with Gasteiger partial charge in [-0.3, -0.25) is 9.59 Å². The van der Waals surface area contributed by atoms with Crippen LogP contribution in [0.1, 0.15) is 16.7 Å². The summed E-state index contributed by atoms with van der Waals surface area (Å²) in [5.74, 6) is -1.05. The molecule has 3 aromatic carbocycles. The van der Waals surface area contributed by atoms with Crippen LogP contribution >= 0.6 is 11.6 Å². The zero-order valence-electron chi connectivity index (χ0n) is 17.2. The van der Waals surface area contributed by atoms with Crippen LogP contribution in [0, 0.1) is 5.82 Å². The number of carbonyl (C=O) groups excluding carboxylic acids is 2. The molecule has 4 nitrogen and oxygen atoms in total. The SMILES string of the molecule is CNC(=O)C(Cc1ccccc1)N(Cc1ccc(Cl)cc1)C(=O)Cc1ccccc1F. The molecule has 6 heteroatoms. The van der Waals surface area contributed by atoms with Gasteiger partial charge in [0.05, 0.1) is 6.42 Å². The molecule has 0 aliphatic rings. The standard InChI is InChI=1S/C25H24ClFN2O2/c1-28-25(31)23(15-18-7-3-2-4-8-18)29(17-19-11-13-21(26)14-12-19)24(30)16-20-9-5-6-10-22(20)27/h2-14,23H,15-17H2,1H3,(H,28,31). The third kappa shape index (κ3) is 6.15. The second-order valence-corrected chi connectivity index (χ2v) is 7.67. The number of carbonyl (C=O) groups is 2. The van der Waals surface area contributed by atoms with Crippen LogP contribution in [0.15, 0.2) is 78.9 Å². The van der Waals surface area contributed by atoms with Gasteiger partial charge in [-0.25, -0.2) is 4.39 Å².